The van der Waals surface area contributed by atoms with Gasteiger partial charge in [-0.15, -0.1) is 0 Å². The number of anilines is 1. The first kappa shape index (κ1) is 14.8. The van der Waals surface area contributed by atoms with Gasteiger partial charge in [0.2, 0.25) is 5.95 Å². The summed E-state index contributed by atoms with van der Waals surface area (Å²) in [6, 6.07) is 3.28. The number of hydrogen-bond donors (Lipinski definition) is 1. The fraction of sp³-hybridized carbons (Fsp3) is 0.765. The SMILES string of the molecule is CC1CC(C)CC(NC2CCN(c3ncccn3)CC2)C1. The molecule has 1 saturated heterocycles. The Morgan fingerprint density at radius 3 is 2.19 bits per heavy atom. The van der Waals surface area contributed by atoms with Crippen LogP contribution in [0.3, 0.4) is 0 Å². The van der Waals surface area contributed by atoms with Crippen LogP contribution < -0.4 is 10.2 Å². The van der Waals surface area contributed by atoms with Gasteiger partial charge >= 0.3 is 0 Å². The highest BCUT2D eigenvalue weighted by atomic mass is 15.3. The summed E-state index contributed by atoms with van der Waals surface area (Å²) in [5, 5.41) is 3.92. The zero-order valence-corrected chi connectivity index (χ0v) is 13.3. The minimum atomic E-state index is 0.674. The lowest BCUT2D eigenvalue weighted by Crippen LogP contribution is -2.48. The summed E-state index contributed by atoms with van der Waals surface area (Å²) in [5.74, 6) is 2.64. The molecular weight excluding hydrogens is 260 g/mol. The predicted octanol–water partition coefficient (Wildman–Crippen LogP) is 2.86. The molecule has 2 aliphatic rings. The smallest absolute Gasteiger partial charge is 0.225 e. The second kappa shape index (κ2) is 6.73. The quantitative estimate of drug-likeness (QED) is 0.928. The molecule has 2 atom stereocenters. The zero-order valence-electron chi connectivity index (χ0n) is 13.3. The Morgan fingerprint density at radius 1 is 0.952 bits per heavy atom. The normalized spacial score (nSPS) is 31.3. The molecule has 0 aromatic carbocycles. The average Bonchev–Trinajstić information content (AvgIpc) is 2.48. The third-order valence-corrected chi connectivity index (χ3v) is 4.98. The van der Waals surface area contributed by atoms with Crippen LogP contribution >= 0.6 is 0 Å². The van der Waals surface area contributed by atoms with Gasteiger partial charge in [0.15, 0.2) is 0 Å². The van der Waals surface area contributed by atoms with E-state index >= 15 is 0 Å². The largest absolute Gasteiger partial charge is 0.341 e. The van der Waals surface area contributed by atoms with E-state index in [-0.39, 0.29) is 0 Å². The number of nitrogens with one attached hydrogen (secondary N) is 1. The van der Waals surface area contributed by atoms with Crippen molar-refractivity contribution in [1.82, 2.24) is 15.3 Å². The van der Waals surface area contributed by atoms with E-state index in [4.69, 9.17) is 0 Å². The molecule has 0 radical (unpaired) electrons. The van der Waals surface area contributed by atoms with E-state index in [9.17, 15) is 0 Å². The van der Waals surface area contributed by atoms with Crippen molar-refractivity contribution in [2.24, 2.45) is 11.8 Å². The predicted molar refractivity (Wildman–Crippen MR) is 86.4 cm³/mol. The fourth-order valence-electron chi connectivity index (χ4n) is 4.12. The lowest BCUT2D eigenvalue weighted by atomic mass is 9.80. The topological polar surface area (TPSA) is 41.0 Å². The zero-order chi connectivity index (χ0) is 14.7. The molecule has 1 saturated carbocycles. The molecule has 116 valence electrons. The van der Waals surface area contributed by atoms with Gasteiger partial charge in [0.1, 0.15) is 0 Å². The van der Waals surface area contributed by atoms with Crippen molar-refractivity contribution in [3.05, 3.63) is 18.5 Å². The van der Waals surface area contributed by atoms with Crippen LogP contribution in [0.2, 0.25) is 0 Å². The second-order valence-corrected chi connectivity index (χ2v) is 7.09. The van der Waals surface area contributed by atoms with Gasteiger partial charge in [-0.2, -0.15) is 0 Å². The first-order valence-electron chi connectivity index (χ1n) is 8.48. The molecule has 0 spiro atoms. The van der Waals surface area contributed by atoms with Crippen LogP contribution in [0, 0.1) is 11.8 Å². The molecule has 21 heavy (non-hydrogen) atoms. The molecule has 1 aliphatic carbocycles. The lowest BCUT2D eigenvalue weighted by molar-refractivity contribution is 0.216. The van der Waals surface area contributed by atoms with Crippen molar-refractivity contribution in [2.75, 3.05) is 18.0 Å². The summed E-state index contributed by atoms with van der Waals surface area (Å²) in [6.45, 7) is 6.94. The minimum absolute atomic E-state index is 0.674. The van der Waals surface area contributed by atoms with Crippen LogP contribution in [0.4, 0.5) is 5.95 Å². The minimum Gasteiger partial charge on any atom is -0.341 e. The molecule has 1 N–H and O–H groups in total. The number of hydrogen-bond acceptors (Lipinski definition) is 4. The van der Waals surface area contributed by atoms with Crippen LogP contribution in [0.1, 0.15) is 46.0 Å². The van der Waals surface area contributed by atoms with E-state index in [1.165, 1.54) is 32.1 Å². The van der Waals surface area contributed by atoms with Crippen molar-refractivity contribution in [3.8, 4) is 0 Å². The van der Waals surface area contributed by atoms with Crippen molar-refractivity contribution < 1.29 is 0 Å². The van der Waals surface area contributed by atoms with E-state index in [0.29, 0.717) is 6.04 Å². The van der Waals surface area contributed by atoms with Crippen LogP contribution in [-0.4, -0.2) is 35.1 Å². The number of piperidine rings is 1. The van der Waals surface area contributed by atoms with Crippen molar-refractivity contribution in [3.63, 3.8) is 0 Å². The molecule has 0 amide bonds. The molecular formula is C17H28N4. The third-order valence-electron chi connectivity index (χ3n) is 4.98. The average molecular weight is 288 g/mol. The van der Waals surface area contributed by atoms with Crippen LogP contribution in [0.15, 0.2) is 18.5 Å². The number of aromatic nitrogens is 2. The maximum atomic E-state index is 4.36. The number of rotatable bonds is 3. The Balaban J connectivity index is 1.48. The summed E-state index contributed by atoms with van der Waals surface area (Å²) in [6.07, 6.45) is 10.2. The maximum Gasteiger partial charge on any atom is 0.225 e. The van der Waals surface area contributed by atoms with Crippen LogP contribution in [-0.2, 0) is 0 Å². The Kier molecular flexibility index (Phi) is 4.73. The lowest BCUT2D eigenvalue weighted by Gasteiger charge is -2.38. The Morgan fingerprint density at radius 2 is 1.57 bits per heavy atom. The Bertz CT molecular complexity index is 418. The molecule has 3 rings (SSSR count). The monoisotopic (exact) mass is 288 g/mol. The Hall–Kier alpha value is -1.16. The molecule has 2 unspecified atom stereocenters. The molecule has 2 fully saturated rings. The number of nitrogens with zero attached hydrogens (tertiary/aromatic N) is 3. The van der Waals surface area contributed by atoms with Crippen molar-refractivity contribution in [1.29, 1.82) is 0 Å². The van der Waals surface area contributed by atoms with E-state index in [0.717, 1.165) is 36.9 Å². The first-order valence-corrected chi connectivity index (χ1v) is 8.48. The molecule has 2 heterocycles. The molecule has 0 bridgehead atoms. The maximum absolute atomic E-state index is 4.36. The van der Waals surface area contributed by atoms with Gasteiger partial charge in [0.05, 0.1) is 0 Å². The summed E-state index contributed by atoms with van der Waals surface area (Å²) < 4.78 is 0. The van der Waals surface area contributed by atoms with Crippen LogP contribution in [0.25, 0.3) is 0 Å². The van der Waals surface area contributed by atoms with Crippen molar-refractivity contribution >= 4 is 5.95 Å². The Labute approximate surface area is 128 Å². The molecule has 1 aromatic rings. The van der Waals surface area contributed by atoms with Gasteiger partial charge in [-0.25, -0.2) is 9.97 Å². The van der Waals surface area contributed by atoms with Crippen molar-refractivity contribution in [2.45, 2.75) is 58.0 Å². The van der Waals surface area contributed by atoms with E-state index in [2.05, 4.69) is 34.0 Å². The standard InChI is InChI=1S/C17H28N4/c1-13-10-14(2)12-16(11-13)20-15-4-8-21(9-5-15)17-18-6-3-7-19-17/h3,6-7,13-16,20H,4-5,8-12H2,1-2H3. The summed E-state index contributed by atoms with van der Waals surface area (Å²) in [4.78, 5) is 11.0. The highest BCUT2D eigenvalue weighted by Gasteiger charge is 2.27. The second-order valence-electron chi connectivity index (χ2n) is 7.09. The van der Waals surface area contributed by atoms with Crippen LogP contribution in [0.5, 0.6) is 0 Å². The molecule has 1 aliphatic heterocycles. The van der Waals surface area contributed by atoms with E-state index in [1.807, 2.05) is 18.5 Å². The molecule has 4 heteroatoms. The third kappa shape index (κ3) is 3.94. The van der Waals surface area contributed by atoms with Gasteiger partial charge in [-0.1, -0.05) is 13.8 Å². The van der Waals surface area contributed by atoms with E-state index in [1.54, 1.807) is 0 Å². The summed E-state index contributed by atoms with van der Waals surface area (Å²) >= 11 is 0. The molecule has 4 nitrogen and oxygen atoms in total. The first-order chi connectivity index (χ1) is 10.2. The van der Waals surface area contributed by atoms with E-state index < -0.39 is 0 Å². The van der Waals surface area contributed by atoms with Gasteiger partial charge in [-0.05, 0) is 50.0 Å². The fourth-order valence-corrected chi connectivity index (χ4v) is 4.12. The van der Waals surface area contributed by atoms with Gasteiger partial charge in [0.25, 0.3) is 0 Å². The summed E-state index contributed by atoms with van der Waals surface area (Å²) in [7, 11) is 0. The van der Waals surface area contributed by atoms with Gasteiger partial charge in [-0.3, -0.25) is 0 Å². The highest BCUT2D eigenvalue weighted by Crippen LogP contribution is 2.29. The van der Waals surface area contributed by atoms with Gasteiger partial charge in [0, 0.05) is 37.6 Å². The van der Waals surface area contributed by atoms with Gasteiger partial charge < -0.3 is 10.2 Å². The molecule has 1 aromatic heterocycles. The summed E-state index contributed by atoms with van der Waals surface area (Å²) in [5.41, 5.74) is 0. The highest BCUT2D eigenvalue weighted by molar-refractivity contribution is 5.29.